The smallest absolute Gasteiger partial charge is 0.0523 e. The van der Waals surface area contributed by atoms with Crippen LogP contribution in [0.4, 0.5) is 0 Å². The summed E-state index contributed by atoms with van der Waals surface area (Å²) in [5.41, 5.74) is 6.71. The molecule has 0 unspecified atom stereocenters. The first-order valence-corrected chi connectivity index (χ1v) is 8.74. The Balaban J connectivity index is 0.00000180. The molecular weight excluding hydrogens is 508 g/mol. The summed E-state index contributed by atoms with van der Waals surface area (Å²) in [6.07, 6.45) is 1.85. The molecule has 0 N–H and O–H groups in total. The maximum atomic E-state index is 4.52. The van der Waals surface area contributed by atoms with Crippen LogP contribution >= 0.6 is 0 Å². The summed E-state index contributed by atoms with van der Waals surface area (Å²) >= 11 is 0. The first-order chi connectivity index (χ1) is 12.8. The fourth-order valence-electron chi connectivity index (χ4n) is 3.63. The van der Waals surface area contributed by atoms with E-state index in [0.29, 0.717) is 0 Å². The molecule has 0 saturated heterocycles. The van der Waals surface area contributed by atoms with Gasteiger partial charge in [0.25, 0.3) is 0 Å². The number of aryl methyl sites for hydroxylation is 1. The first-order valence-electron chi connectivity index (χ1n) is 8.74. The first kappa shape index (κ1) is 17.7. The van der Waals surface area contributed by atoms with Gasteiger partial charge in [-0.05, 0) is 36.5 Å². The number of benzene rings is 3. The number of nitrogens with zero attached hydrogens (tertiary/aromatic N) is 2. The Morgan fingerprint density at radius 3 is 2.15 bits per heavy atom. The van der Waals surface area contributed by atoms with Crippen LogP contribution in [0.15, 0.2) is 85.1 Å². The number of fused-ring (bicyclic) bond motifs is 3. The van der Waals surface area contributed by atoms with Crippen molar-refractivity contribution in [2.24, 2.45) is 0 Å². The summed E-state index contributed by atoms with van der Waals surface area (Å²) in [7, 11) is 0. The van der Waals surface area contributed by atoms with Crippen molar-refractivity contribution < 1.29 is 20.1 Å². The van der Waals surface area contributed by atoms with Crippen LogP contribution in [0, 0.1) is 13.0 Å². The molecule has 3 aromatic carbocycles. The minimum atomic E-state index is 0. The molecule has 27 heavy (non-hydrogen) atoms. The number of para-hydroxylation sites is 2. The Labute approximate surface area is 171 Å². The zero-order valence-electron chi connectivity index (χ0n) is 14.8. The zero-order valence-corrected chi connectivity index (χ0v) is 17.2. The van der Waals surface area contributed by atoms with Crippen molar-refractivity contribution in [1.29, 1.82) is 0 Å². The Hall–Kier alpha value is -2.74. The molecule has 0 aliphatic rings. The normalized spacial score (nSPS) is 10.9. The van der Waals surface area contributed by atoms with E-state index in [4.69, 9.17) is 0 Å². The average molecular weight is 526 g/mol. The van der Waals surface area contributed by atoms with E-state index in [0.717, 1.165) is 16.9 Å². The molecule has 0 bridgehead atoms. The van der Waals surface area contributed by atoms with E-state index in [-0.39, 0.29) is 20.1 Å². The van der Waals surface area contributed by atoms with Crippen LogP contribution < -0.4 is 0 Å². The van der Waals surface area contributed by atoms with Gasteiger partial charge in [-0.2, -0.15) is 0 Å². The number of aromatic nitrogens is 2. The van der Waals surface area contributed by atoms with Gasteiger partial charge in [-0.1, -0.05) is 48.0 Å². The van der Waals surface area contributed by atoms with Crippen molar-refractivity contribution in [2.45, 2.75) is 6.92 Å². The maximum absolute atomic E-state index is 4.52. The van der Waals surface area contributed by atoms with Gasteiger partial charge in [0.2, 0.25) is 0 Å². The molecule has 5 rings (SSSR count). The summed E-state index contributed by atoms with van der Waals surface area (Å²) < 4.78 is 2.32. The molecule has 2 nitrogen and oxygen atoms in total. The van der Waals surface area contributed by atoms with Crippen molar-refractivity contribution >= 4 is 21.8 Å². The second kappa shape index (κ2) is 7.11. The monoisotopic (exact) mass is 526 g/mol. The second-order valence-corrected chi connectivity index (χ2v) is 6.55. The van der Waals surface area contributed by atoms with Crippen molar-refractivity contribution in [2.75, 3.05) is 0 Å². The molecule has 0 spiro atoms. The van der Waals surface area contributed by atoms with Gasteiger partial charge < -0.3 is 9.55 Å². The molecule has 0 amide bonds. The number of pyridine rings is 1. The van der Waals surface area contributed by atoms with Gasteiger partial charge in [0, 0.05) is 37.1 Å². The van der Waals surface area contributed by atoms with Gasteiger partial charge in [0.05, 0.1) is 11.0 Å². The standard InChI is InChI=1S/C24H17N2.Ir/c1-17-13-14-25-22(15-17)18-7-6-8-19(16-18)26-23-11-4-2-9-20(23)21-10-3-5-12-24(21)26;/h2-6,8-16H,1H3;/q-1;. The van der Waals surface area contributed by atoms with Crippen LogP contribution in [-0.2, 0) is 20.1 Å². The van der Waals surface area contributed by atoms with Gasteiger partial charge in [0.15, 0.2) is 0 Å². The maximum Gasteiger partial charge on any atom is 0.0523 e. The predicted octanol–water partition coefficient (Wildman–Crippen LogP) is 5.95. The van der Waals surface area contributed by atoms with Gasteiger partial charge in [-0.25, -0.2) is 0 Å². The molecule has 0 saturated carbocycles. The molecule has 3 heteroatoms. The fraction of sp³-hybridized carbons (Fsp3) is 0.0417. The third-order valence-electron chi connectivity index (χ3n) is 4.81. The topological polar surface area (TPSA) is 17.8 Å². The quantitative estimate of drug-likeness (QED) is 0.261. The fourth-order valence-corrected chi connectivity index (χ4v) is 3.63. The molecule has 1 radical (unpaired) electrons. The summed E-state index contributed by atoms with van der Waals surface area (Å²) in [6.45, 7) is 2.09. The van der Waals surface area contributed by atoms with Gasteiger partial charge in [-0.15, -0.1) is 29.8 Å². The van der Waals surface area contributed by atoms with E-state index in [2.05, 4.69) is 89.3 Å². The summed E-state index contributed by atoms with van der Waals surface area (Å²) in [6, 6.07) is 30.8. The third kappa shape index (κ3) is 2.99. The Morgan fingerprint density at radius 2 is 1.48 bits per heavy atom. The van der Waals surface area contributed by atoms with Crippen molar-refractivity contribution in [3.63, 3.8) is 0 Å². The summed E-state index contributed by atoms with van der Waals surface area (Å²) in [4.78, 5) is 4.52. The minimum Gasteiger partial charge on any atom is -0.327 e. The summed E-state index contributed by atoms with van der Waals surface area (Å²) in [5.74, 6) is 0. The third-order valence-corrected chi connectivity index (χ3v) is 4.81. The van der Waals surface area contributed by atoms with Crippen LogP contribution in [0.1, 0.15) is 5.56 Å². The molecule has 2 heterocycles. The Kier molecular flexibility index (Phi) is 4.65. The number of rotatable bonds is 2. The number of hydrogen-bond acceptors (Lipinski definition) is 1. The largest absolute Gasteiger partial charge is 0.327 e. The molecule has 5 aromatic rings. The summed E-state index contributed by atoms with van der Waals surface area (Å²) in [5, 5.41) is 2.54. The molecule has 0 atom stereocenters. The molecular formula is C24H17IrN2-. The van der Waals surface area contributed by atoms with Crippen LogP contribution in [0.3, 0.4) is 0 Å². The van der Waals surface area contributed by atoms with Crippen LogP contribution in [0.2, 0.25) is 0 Å². The second-order valence-electron chi connectivity index (χ2n) is 6.55. The average Bonchev–Trinajstić information content (AvgIpc) is 3.03. The van der Waals surface area contributed by atoms with E-state index in [9.17, 15) is 0 Å². The van der Waals surface area contributed by atoms with E-state index in [1.54, 1.807) is 0 Å². The van der Waals surface area contributed by atoms with Gasteiger partial charge in [0.1, 0.15) is 0 Å². The van der Waals surface area contributed by atoms with Crippen molar-refractivity contribution in [3.8, 4) is 16.9 Å². The molecule has 0 aliphatic heterocycles. The van der Waals surface area contributed by atoms with Gasteiger partial charge in [-0.3, -0.25) is 0 Å². The van der Waals surface area contributed by atoms with Crippen molar-refractivity contribution in [3.05, 3.63) is 96.7 Å². The molecule has 0 fully saturated rings. The van der Waals surface area contributed by atoms with Crippen molar-refractivity contribution in [1.82, 2.24) is 9.55 Å². The minimum absolute atomic E-state index is 0. The van der Waals surface area contributed by atoms with E-state index < -0.39 is 0 Å². The van der Waals surface area contributed by atoms with E-state index in [1.807, 2.05) is 18.3 Å². The predicted molar refractivity (Wildman–Crippen MR) is 108 cm³/mol. The SMILES string of the molecule is Cc1ccnc(-c2[c-]ccc(-n3c4ccccc4c4ccccc43)c2)c1.[Ir]. The van der Waals surface area contributed by atoms with E-state index >= 15 is 0 Å². The van der Waals surface area contributed by atoms with Crippen LogP contribution in [0.5, 0.6) is 0 Å². The number of hydrogen-bond donors (Lipinski definition) is 0. The molecule has 133 valence electrons. The molecule has 2 aromatic heterocycles. The van der Waals surface area contributed by atoms with E-state index in [1.165, 1.54) is 27.4 Å². The van der Waals surface area contributed by atoms with Crippen LogP contribution in [0.25, 0.3) is 38.8 Å². The zero-order chi connectivity index (χ0) is 17.5. The van der Waals surface area contributed by atoms with Crippen LogP contribution in [-0.4, -0.2) is 9.55 Å². The molecule has 0 aliphatic carbocycles. The Bertz CT molecular complexity index is 1200. The Morgan fingerprint density at radius 1 is 0.815 bits per heavy atom. The van der Waals surface area contributed by atoms with Gasteiger partial charge >= 0.3 is 0 Å².